The second-order valence-corrected chi connectivity index (χ2v) is 13.7. The quantitative estimate of drug-likeness (QED) is 0.0734. The van der Waals surface area contributed by atoms with E-state index >= 15 is 0 Å². The molecule has 7 rings (SSSR count). The van der Waals surface area contributed by atoms with Crippen LogP contribution in [0.3, 0.4) is 0 Å². The van der Waals surface area contributed by atoms with E-state index in [1.165, 1.54) is 5.56 Å². The number of benzene rings is 7. The number of anilines is 3. The van der Waals surface area contributed by atoms with Gasteiger partial charge < -0.3 is 17.2 Å². The Kier molecular flexibility index (Phi) is 18.2. The third kappa shape index (κ3) is 13.0. The Balaban J connectivity index is 0.000000201. The van der Waals surface area contributed by atoms with E-state index in [1.807, 2.05) is 129 Å². The van der Waals surface area contributed by atoms with E-state index in [4.69, 9.17) is 17.2 Å². The molecule has 300 valence electrons. The lowest BCUT2D eigenvalue weighted by molar-refractivity contribution is 1.27. The second-order valence-electron chi connectivity index (χ2n) is 13.7. The van der Waals surface area contributed by atoms with Gasteiger partial charge in [0.25, 0.3) is 0 Å². The van der Waals surface area contributed by atoms with Crippen molar-refractivity contribution in [3.8, 4) is 44.5 Å². The van der Waals surface area contributed by atoms with Gasteiger partial charge in [-0.15, -0.1) is 13.2 Å². The smallest absolute Gasteiger partial charge is 0.0473 e. The topological polar surface area (TPSA) is 78.1 Å². The minimum atomic E-state index is 0.749. The van der Waals surface area contributed by atoms with Crippen molar-refractivity contribution >= 4 is 28.7 Å². The van der Waals surface area contributed by atoms with E-state index in [9.17, 15) is 0 Å². The molecular weight excluding hydrogens is 727 g/mol. The molecule has 0 bridgehead atoms. The zero-order chi connectivity index (χ0) is 43.1. The lowest BCUT2D eigenvalue weighted by Crippen LogP contribution is -1.98. The van der Waals surface area contributed by atoms with E-state index < -0.39 is 0 Å². The number of para-hydroxylation sites is 1. The molecule has 7 aromatic rings. The molecular formula is C57H57N3. The van der Waals surface area contributed by atoms with Crippen LogP contribution in [0.4, 0.5) is 17.1 Å². The summed E-state index contributed by atoms with van der Waals surface area (Å²) in [6.07, 6.45) is 14.1. The van der Waals surface area contributed by atoms with Crippen molar-refractivity contribution < 1.29 is 0 Å². The first kappa shape index (κ1) is 45.1. The number of allylic oxidation sites excluding steroid dienone is 7. The number of nitrogens with two attached hydrogens (primary N) is 3. The van der Waals surface area contributed by atoms with Crippen molar-refractivity contribution in [2.75, 3.05) is 17.2 Å². The van der Waals surface area contributed by atoms with Crippen molar-refractivity contribution in [1.82, 2.24) is 0 Å². The maximum absolute atomic E-state index is 6.55. The minimum absolute atomic E-state index is 0.749. The van der Waals surface area contributed by atoms with Crippen molar-refractivity contribution in [3.63, 3.8) is 0 Å². The summed E-state index contributed by atoms with van der Waals surface area (Å²) >= 11 is 0. The van der Waals surface area contributed by atoms with E-state index in [-0.39, 0.29) is 0 Å². The molecule has 0 aromatic heterocycles. The molecule has 0 spiro atoms. The van der Waals surface area contributed by atoms with E-state index in [1.54, 1.807) is 12.2 Å². The van der Waals surface area contributed by atoms with Gasteiger partial charge in [0, 0.05) is 39.3 Å². The fourth-order valence-corrected chi connectivity index (χ4v) is 6.56. The molecule has 60 heavy (non-hydrogen) atoms. The summed E-state index contributed by atoms with van der Waals surface area (Å²) in [6.45, 7) is 18.7. The van der Waals surface area contributed by atoms with E-state index in [0.29, 0.717) is 0 Å². The normalized spacial score (nSPS) is 10.4. The SMILES string of the molecule is C=C/C=C(\C=C)c1cc(-c2ccccc2)cc(-c2ccccc2)c1N.C=CC.C=CCc1cc(N)cc(/C=C/C)c1.Nc1c(-c2ccccc2)cccc1-c1ccccc1. The lowest BCUT2D eigenvalue weighted by atomic mass is 9.91. The van der Waals surface area contributed by atoms with Gasteiger partial charge in [-0.3, -0.25) is 0 Å². The zero-order valence-electron chi connectivity index (χ0n) is 35.0. The fraction of sp³-hybridized carbons (Fsp3) is 0.0526. The monoisotopic (exact) mass is 783 g/mol. The summed E-state index contributed by atoms with van der Waals surface area (Å²) in [7, 11) is 0. The van der Waals surface area contributed by atoms with E-state index in [2.05, 4.69) is 111 Å². The van der Waals surface area contributed by atoms with Crippen LogP contribution >= 0.6 is 0 Å². The zero-order valence-corrected chi connectivity index (χ0v) is 35.0. The third-order valence-electron chi connectivity index (χ3n) is 9.25. The highest BCUT2D eigenvalue weighted by atomic mass is 14.6. The summed E-state index contributed by atoms with van der Waals surface area (Å²) in [6, 6.07) is 57.6. The molecule has 0 saturated carbocycles. The molecule has 0 aliphatic carbocycles. The van der Waals surface area contributed by atoms with E-state index in [0.717, 1.165) is 84.7 Å². The van der Waals surface area contributed by atoms with Crippen LogP contribution in [0.15, 0.2) is 233 Å². The van der Waals surface area contributed by atoms with Gasteiger partial charge >= 0.3 is 0 Å². The maximum atomic E-state index is 6.55. The Morgan fingerprint density at radius 2 is 0.983 bits per heavy atom. The predicted octanol–water partition coefficient (Wildman–Crippen LogP) is 15.2. The second kappa shape index (κ2) is 24.2. The van der Waals surface area contributed by atoms with Gasteiger partial charge in [0.1, 0.15) is 0 Å². The molecule has 0 amide bonds. The average molecular weight is 784 g/mol. The first-order valence-electron chi connectivity index (χ1n) is 20.0. The highest BCUT2D eigenvalue weighted by molar-refractivity contribution is 5.93. The summed E-state index contributed by atoms with van der Waals surface area (Å²) in [5.41, 5.74) is 34.2. The van der Waals surface area contributed by atoms with Crippen molar-refractivity contribution in [1.29, 1.82) is 0 Å². The summed E-state index contributed by atoms with van der Waals surface area (Å²) in [5.74, 6) is 0. The molecule has 0 fully saturated rings. The molecule has 0 radical (unpaired) electrons. The van der Waals surface area contributed by atoms with Crippen molar-refractivity contribution in [2.45, 2.75) is 20.3 Å². The van der Waals surface area contributed by atoms with Gasteiger partial charge in [0.15, 0.2) is 0 Å². The number of hydrogen-bond donors (Lipinski definition) is 3. The molecule has 6 N–H and O–H groups in total. The maximum Gasteiger partial charge on any atom is 0.0473 e. The molecule has 0 atom stereocenters. The van der Waals surface area contributed by atoms with Crippen molar-refractivity contribution in [2.24, 2.45) is 0 Å². The van der Waals surface area contributed by atoms with Crippen molar-refractivity contribution in [3.05, 3.63) is 249 Å². The number of hydrogen-bond acceptors (Lipinski definition) is 3. The van der Waals surface area contributed by atoms with Crippen LogP contribution in [0.5, 0.6) is 0 Å². The van der Waals surface area contributed by atoms with Gasteiger partial charge in [-0.05, 0) is 89.1 Å². The molecule has 0 heterocycles. The standard InChI is InChI=1S/C24H21N.C18H15N.C12H15N.C3H6/c1-3-11-18(4-2)22-16-21(19-12-7-5-8-13-19)17-23(24(22)25)20-14-9-6-10-15-20;19-18-16(14-8-3-1-4-9-14)12-7-13-17(18)15-10-5-2-6-11-15;1-3-5-10-7-11(6-4-2)9-12(13)8-10;1-3-2/h3-17H,1-2,25H2;1-13H,19H2;3-4,6-9H,1,5,13H2,2H3;3H,1H2,2H3/b18-11+;;6-4+;. The first-order chi connectivity index (χ1) is 29.3. The third-order valence-corrected chi connectivity index (χ3v) is 9.25. The molecule has 3 nitrogen and oxygen atoms in total. The minimum Gasteiger partial charge on any atom is -0.399 e. The molecule has 7 aromatic carbocycles. The number of nitrogen functional groups attached to an aromatic ring is 3. The van der Waals surface area contributed by atoms with Crippen LogP contribution < -0.4 is 17.2 Å². The average Bonchev–Trinajstić information content (AvgIpc) is 3.28. The fourth-order valence-electron chi connectivity index (χ4n) is 6.56. The Labute approximate surface area is 358 Å². The van der Waals surface area contributed by atoms with Crippen LogP contribution in [-0.2, 0) is 6.42 Å². The van der Waals surface area contributed by atoms with Gasteiger partial charge in [0.2, 0.25) is 0 Å². The Morgan fingerprint density at radius 1 is 0.500 bits per heavy atom. The first-order valence-corrected chi connectivity index (χ1v) is 20.0. The van der Waals surface area contributed by atoms with Crippen LogP contribution in [-0.4, -0.2) is 0 Å². The Morgan fingerprint density at radius 3 is 1.43 bits per heavy atom. The summed E-state index contributed by atoms with van der Waals surface area (Å²) in [5, 5.41) is 0. The Bertz CT molecular complexity index is 2440. The Hall–Kier alpha value is -7.62. The molecule has 0 aliphatic heterocycles. The highest BCUT2D eigenvalue weighted by Gasteiger charge is 2.13. The number of rotatable bonds is 10. The van der Waals surface area contributed by atoms with Crippen LogP contribution in [0.2, 0.25) is 0 Å². The van der Waals surface area contributed by atoms with Gasteiger partial charge in [-0.25, -0.2) is 0 Å². The van der Waals surface area contributed by atoms with Crippen LogP contribution in [0.25, 0.3) is 56.2 Å². The molecule has 0 unspecified atom stereocenters. The summed E-state index contributed by atoms with van der Waals surface area (Å²) in [4.78, 5) is 0. The molecule has 0 aliphatic rings. The summed E-state index contributed by atoms with van der Waals surface area (Å²) < 4.78 is 0. The largest absolute Gasteiger partial charge is 0.399 e. The van der Waals surface area contributed by atoms with Gasteiger partial charge in [0.05, 0.1) is 0 Å². The molecule has 3 heteroatoms. The lowest BCUT2D eigenvalue weighted by Gasteiger charge is -2.15. The van der Waals surface area contributed by atoms with Gasteiger partial charge in [-0.1, -0.05) is 201 Å². The predicted molar refractivity (Wildman–Crippen MR) is 267 cm³/mol. The molecule has 0 saturated heterocycles. The van der Waals surface area contributed by atoms with Gasteiger partial charge in [-0.2, -0.15) is 0 Å². The highest BCUT2D eigenvalue weighted by Crippen LogP contribution is 2.38. The van der Waals surface area contributed by atoms with Crippen LogP contribution in [0.1, 0.15) is 30.5 Å². The van der Waals surface area contributed by atoms with Crippen LogP contribution in [0, 0.1) is 0 Å².